The minimum Gasteiger partial charge on any atom is -0.489 e. The van der Waals surface area contributed by atoms with Crippen LogP contribution < -0.4 is 14.8 Å². The lowest BCUT2D eigenvalue weighted by Gasteiger charge is -2.14. The van der Waals surface area contributed by atoms with Gasteiger partial charge in [-0.3, -0.25) is 4.79 Å². The number of likely N-dealkylation sites (N-methyl/N-ethyl adjacent to an activating group) is 1. The van der Waals surface area contributed by atoms with E-state index in [4.69, 9.17) is 37.5 Å². The van der Waals surface area contributed by atoms with Gasteiger partial charge in [-0.2, -0.15) is 13.2 Å². The van der Waals surface area contributed by atoms with Crippen molar-refractivity contribution in [2.45, 2.75) is 12.8 Å². The highest BCUT2D eigenvalue weighted by Gasteiger charge is 2.34. The van der Waals surface area contributed by atoms with Crippen LogP contribution in [0.25, 0.3) is 0 Å². The summed E-state index contributed by atoms with van der Waals surface area (Å²) in [6, 6.07) is 9.49. The highest BCUT2D eigenvalue weighted by molar-refractivity contribution is 6.45. The minimum atomic E-state index is -5.10. The molecule has 0 spiro atoms. The summed E-state index contributed by atoms with van der Waals surface area (Å²) in [6.07, 6.45) is -4.88. The number of allylic oxidation sites excluding steroid dienone is 1. The number of benzene rings is 2. The molecule has 178 valence electrons. The third kappa shape index (κ3) is 7.26. The molecular formula is C21H18Cl2F4N2O4. The number of rotatable bonds is 9. The van der Waals surface area contributed by atoms with E-state index in [9.17, 15) is 22.4 Å². The summed E-state index contributed by atoms with van der Waals surface area (Å²) in [5, 5.41) is 6.12. The van der Waals surface area contributed by atoms with Crippen LogP contribution in [0.3, 0.4) is 0 Å². The second kappa shape index (κ2) is 11.8. The van der Waals surface area contributed by atoms with Crippen LogP contribution in [0.2, 0.25) is 10.0 Å². The van der Waals surface area contributed by atoms with Crippen LogP contribution in [-0.2, 0) is 16.2 Å². The van der Waals surface area contributed by atoms with Crippen molar-refractivity contribution in [2.75, 3.05) is 20.8 Å². The SMILES string of the molecule is CNC(=O)/C(=N\OC)c1ccccc1COc1cc(Cl)c(OC/C=C(\F)C(F)(F)F)c(Cl)c1. The molecule has 0 saturated carbocycles. The number of oxime groups is 1. The molecule has 1 N–H and O–H groups in total. The molecule has 2 rings (SSSR count). The molecule has 0 aliphatic rings. The monoisotopic (exact) mass is 508 g/mol. The molecule has 12 heteroatoms. The Morgan fingerprint density at radius 1 is 1.15 bits per heavy atom. The second-order valence-corrected chi connectivity index (χ2v) is 7.04. The smallest absolute Gasteiger partial charge is 0.442 e. The molecule has 0 aliphatic heterocycles. The molecule has 33 heavy (non-hydrogen) atoms. The van der Waals surface area contributed by atoms with Gasteiger partial charge in [-0.25, -0.2) is 4.39 Å². The Morgan fingerprint density at radius 3 is 2.36 bits per heavy atom. The predicted octanol–water partition coefficient (Wildman–Crippen LogP) is 5.46. The molecule has 0 fully saturated rings. The maximum Gasteiger partial charge on any atom is 0.442 e. The zero-order chi connectivity index (χ0) is 24.6. The largest absolute Gasteiger partial charge is 0.489 e. The topological polar surface area (TPSA) is 69.2 Å². The van der Waals surface area contributed by atoms with Crippen LogP contribution in [-0.4, -0.2) is 38.6 Å². The number of alkyl halides is 3. The minimum absolute atomic E-state index is 0.0116. The molecule has 6 nitrogen and oxygen atoms in total. The van der Waals surface area contributed by atoms with E-state index in [0.29, 0.717) is 11.1 Å². The van der Waals surface area contributed by atoms with Gasteiger partial charge < -0.3 is 19.6 Å². The van der Waals surface area contributed by atoms with Gasteiger partial charge in [0.05, 0.1) is 10.0 Å². The summed E-state index contributed by atoms with van der Waals surface area (Å²) >= 11 is 12.2. The van der Waals surface area contributed by atoms with Crippen LogP contribution in [0.4, 0.5) is 17.6 Å². The van der Waals surface area contributed by atoms with E-state index < -0.39 is 24.5 Å². The van der Waals surface area contributed by atoms with Gasteiger partial charge in [-0.15, -0.1) is 0 Å². The van der Waals surface area contributed by atoms with E-state index in [0.717, 1.165) is 0 Å². The van der Waals surface area contributed by atoms with Crippen LogP contribution in [0.15, 0.2) is 53.5 Å². The number of halogens is 6. The molecule has 2 aromatic rings. The Labute approximate surface area is 196 Å². The Hall–Kier alpha value is -2.98. The second-order valence-electron chi connectivity index (χ2n) is 6.22. The number of hydrogen-bond acceptors (Lipinski definition) is 5. The van der Waals surface area contributed by atoms with E-state index in [1.807, 2.05) is 0 Å². The zero-order valence-corrected chi connectivity index (χ0v) is 18.8. The van der Waals surface area contributed by atoms with Gasteiger partial charge in [0, 0.05) is 24.7 Å². The summed E-state index contributed by atoms with van der Waals surface area (Å²) in [6.45, 7) is -0.748. The zero-order valence-electron chi connectivity index (χ0n) is 17.3. The highest BCUT2D eigenvalue weighted by atomic mass is 35.5. The molecule has 0 bridgehead atoms. The lowest BCUT2D eigenvalue weighted by Crippen LogP contribution is -2.29. The Bertz CT molecular complexity index is 1040. The van der Waals surface area contributed by atoms with Crippen molar-refractivity contribution in [3.63, 3.8) is 0 Å². The Balaban J connectivity index is 2.18. The first-order chi connectivity index (χ1) is 15.6. The lowest BCUT2D eigenvalue weighted by atomic mass is 10.0. The lowest BCUT2D eigenvalue weighted by molar-refractivity contribution is -0.114. The number of amides is 1. The number of carbonyl (C=O) groups excluding carboxylic acids is 1. The van der Waals surface area contributed by atoms with Crippen molar-refractivity contribution in [3.8, 4) is 11.5 Å². The predicted molar refractivity (Wildman–Crippen MR) is 116 cm³/mol. The Morgan fingerprint density at radius 2 is 1.79 bits per heavy atom. The van der Waals surface area contributed by atoms with Crippen LogP contribution in [0, 0.1) is 0 Å². The van der Waals surface area contributed by atoms with Crippen LogP contribution in [0.1, 0.15) is 11.1 Å². The normalized spacial score (nSPS) is 12.4. The fourth-order valence-electron chi connectivity index (χ4n) is 2.53. The molecule has 0 unspecified atom stereocenters. The molecule has 0 radical (unpaired) electrons. The van der Waals surface area contributed by atoms with Crippen LogP contribution >= 0.6 is 23.2 Å². The third-order valence-corrected chi connectivity index (χ3v) is 4.59. The number of hydrogen-bond donors (Lipinski definition) is 1. The van der Waals surface area contributed by atoms with E-state index in [1.165, 1.54) is 26.3 Å². The maximum atomic E-state index is 12.9. The molecular weight excluding hydrogens is 491 g/mol. The van der Waals surface area contributed by atoms with Crippen molar-refractivity contribution in [3.05, 3.63) is 69.5 Å². The van der Waals surface area contributed by atoms with E-state index in [2.05, 4.69) is 10.5 Å². The van der Waals surface area contributed by atoms with E-state index in [1.54, 1.807) is 24.3 Å². The van der Waals surface area contributed by atoms with Crippen molar-refractivity contribution in [1.82, 2.24) is 5.32 Å². The van der Waals surface area contributed by atoms with Crippen LogP contribution in [0.5, 0.6) is 11.5 Å². The van der Waals surface area contributed by atoms with Crippen molar-refractivity contribution in [1.29, 1.82) is 0 Å². The van der Waals surface area contributed by atoms with Gasteiger partial charge in [-0.05, 0) is 11.6 Å². The highest BCUT2D eigenvalue weighted by Crippen LogP contribution is 2.37. The first-order valence-corrected chi connectivity index (χ1v) is 9.93. The molecule has 0 atom stereocenters. The fourth-order valence-corrected chi connectivity index (χ4v) is 3.11. The summed E-state index contributed by atoms with van der Waals surface area (Å²) in [5.74, 6) is -2.67. The van der Waals surface area contributed by atoms with Gasteiger partial charge >= 0.3 is 6.18 Å². The summed E-state index contributed by atoms with van der Waals surface area (Å²) in [4.78, 5) is 16.9. The van der Waals surface area contributed by atoms with E-state index >= 15 is 0 Å². The van der Waals surface area contributed by atoms with Gasteiger partial charge in [0.15, 0.2) is 11.5 Å². The number of nitrogens with zero attached hydrogens (tertiary/aromatic N) is 1. The average Bonchev–Trinajstić information content (AvgIpc) is 2.76. The quantitative estimate of drug-likeness (QED) is 0.277. The third-order valence-electron chi connectivity index (χ3n) is 4.02. The van der Waals surface area contributed by atoms with E-state index in [-0.39, 0.29) is 39.9 Å². The van der Waals surface area contributed by atoms with Gasteiger partial charge in [0.25, 0.3) is 5.91 Å². The first-order valence-electron chi connectivity index (χ1n) is 9.17. The molecule has 0 aliphatic carbocycles. The average molecular weight is 509 g/mol. The fraction of sp³-hybridized carbons (Fsp3) is 0.238. The standard InChI is InChI=1S/C21H18Cl2F4N2O4/c1-28-20(30)18(29-31-2)14-6-4-3-5-12(14)11-33-13-9-15(22)19(16(23)10-13)32-8-7-17(24)21(25,26)27/h3-7,9-10H,8,11H2,1-2H3,(H,28,30)/b17-7-,29-18-. The van der Waals surface area contributed by atoms with Crippen molar-refractivity contribution >= 4 is 34.8 Å². The summed E-state index contributed by atoms with van der Waals surface area (Å²) < 4.78 is 60.2. The molecule has 2 aromatic carbocycles. The summed E-state index contributed by atoms with van der Waals surface area (Å²) in [5.41, 5.74) is 1.10. The number of carbonyl (C=O) groups is 1. The first kappa shape index (κ1) is 26.3. The molecule has 0 saturated heterocycles. The molecule has 0 heterocycles. The number of ether oxygens (including phenoxy) is 2. The molecule has 0 aromatic heterocycles. The summed E-state index contributed by atoms with van der Waals surface area (Å²) in [7, 11) is 2.76. The maximum absolute atomic E-state index is 12.9. The van der Waals surface area contributed by atoms with Gasteiger partial charge in [0.1, 0.15) is 26.1 Å². The van der Waals surface area contributed by atoms with Gasteiger partial charge in [-0.1, -0.05) is 52.6 Å². The van der Waals surface area contributed by atoms with Crippen molar-refractivity contribution in [2.24, 2.45) is 5.16 Å². The number of nitrogens with one attached hydrogen (secondary N) is 1. The molecule has 1 amide bonds. The van der Waals surface area contributed by atoms with Gasteiger partial charge in [0.2, 0.25) is 5.83 Å². The van der Waals surface area contributed by atoms with Crippen molar-refractivity contribution < 1.29 is 36.7 Å². The Kier molecular flexibility index (Phi) is 9.36.